The lowest BCUT2D eigenvalue weighted by Gasteiger charge is -2.58. The van der Waals surface area contributed by atoms with Crippen molar-refractivity contribution in [2.45, 2.75) is 58.8 Å². The predicted molar refractivity (Wildman–Crippen MR) is 90.8 cm³/mol. The molecular weight excluding hydrogens is 288 g/mol. The number of carbonyl (C=O) groups is 1. The zero-order valence-corrected chi connectivity index (χ0v) is 14.6. The summed E-state index contributed by atoms with van der Waals surface area (Å²) in [6.07, 6.45) is 9.43. The van der Waals surface area contributed by atoms with Gasteiger partial charge < -0.3 is 9.84 Å². The molecule has 3 rings (SSSR count). The minimum Gasteiger partial charge on any atom is -0.458 e. The molecule has 4 unspecified atom stereocenters. The van der Waals surface area contributed by atoms with Crippen molar-refractivity contribution < 1.29 is 14.6 Å². The minimum atomic E-state index is -0.197. The lowest BCUT2D eigenvalue weighted by molar-refractivity contribution is -0.134. The SMILES string of the molecule is C=C1CCC2C(C)(CO)CCCC2(C)C1CCC1=CC(=O)OC1. The van der Waals surface area contributed by atoms with Gasteiger partial charge in [-0.2, -0.15) is 0 Å². The second-order valence-corrected chi connectivity index (χ2v) is 8.42. The summed E-state index contributed by atoms with van der Waals surface area (Å²) in [5, 5.41) is 10.0. The molecule has 128 valence electrons. The topological polar surface area (TPSA) is 46.5 Å². The van der Waals surface area contributed by atoms with Crippen LogP contribution < -0.4 is 0 Å². The molecule has 3 heteroatoms. The molecule has 2 saturated carbocycles. The first-order valence-electron chi connectivity index (χ1n) is 9.04. The van der Waals surface area contributed by atoms with E-state index < -0.39 is 0 Å². The van der Waals surface area contributed by atoms with E-state index in [9.17, 15) is 9.90 Å². The van der Waals surface area contributed by atoms with Crippen molar-refractivity contribution in [3.8, 4) is 0 Å². The standard InChI is InChI=1S/C20H30O3/c1-14-5-8-17-19(2,13-21)9-4-10-20(17,3)16(14)7-6-15-11-18(22)23-12-15/h11,16-17,21H,1,4-10,12-13H2,2-3H3. The third-order valence-electron chi connectivity index (χ3n) is 6.98. The molecule has 2 fully saturated rings. The highest BCUT2D eigenvalue weighted by Gasteiger charge is 2.54. The van der Waals surface area contributed by atoms with Crippen molar-refractivity contribution in [1.82, 2.24) is 0 Å². The summed E-state index contributed by atoms with van der Waals surface area (Å²) in [6.45, 7) is 9.83. The van der Waals surface area contributed by atoms with Gasteiger partial charge in [-0.3, -0.25) is 0 Å². The van der Waals surface area contributed by atoms with Crippen molar-refractivity contribution in [1.29, 1.82) is 0 Å². The van der Waals surface area contributed by atoms with Crippen LogP contribution in [0.1, 0.15) is 58.8 Å². The Morgan fingerprint density at radius 2 is 2.17 bits per heavy atom. The van der Waals surface area contributed by atoms with Gasteiger partial charge in [0, 0.05) is 12.7 Å². The minimum absolute atomic E-state index is 0.0532. The number of cyclic esters (lactones) is 1. The summed E-state index contributed by atoms with van der Waals surface area (Å²) < 4.78 is 5.03. The quantitative estimate of drug-likeness (QED) is 0.629. The predicted octanol–water partition coefficient (Wildman–Crippen LogP) is 4.02. The number of esters is 1. The van der Waals surface area contributed by atoms with Gasteiger partial charge in [0.2, 0.25) is 0 Å². The first-order valence-corrected chi connectivity index (χ1v) is 9.04. The molecule has 0 aromatic heterocycles. The number of carbonyl (C=O) groups excluding carboxylic acids is 1. The number of hydrogen-bond donors (Lipinski definition) is 1. The van der Waals surface area contributed by atoms with E-state index in [-0.39, 0.29) is 16.8 Å². The third-order valence-corrected chi connectivity index (χ3v) is 6.98. The van der Waals surface area contributed by atoms with E-state index in [4.69, 9.17) is 4.74 Å². The van der Waals surface area contributed by atoms with Crippen LogP contribution in [0.25, 0.3) is 0 Å². The first-order chi connectivity index (χ1) is 10.9. The monoisotopic (exact) mass is 318 g/mol. The molecule has 4 atom stereocenters. The second-order valence-electron chi connectivity index (χ2n) is 8.42. The van der Waals surface area contributed by atoms with Crippen LogP contribution in [0.15, 0.2) is 23.8 Å². The molecule has 0 aromatic carbocycles. The van der Waals surface area contributed by atoms with E-state index in [1.165, 1.54) is 18.4 Å². The highest BCUT2D eigenvalue weighted by molar-refractivity contribution is 5.85. The van der Waals surface area contributed by atoms with Gasteiger partial charge in [0.15, 0.2) is 0 Å². The average Bonchev–Trinajstić information content (AvgIpc) is 2.92. The Hall–Kier alpha value is -1.09. The maximum absolute atomic E-state index is 11.2. The fraction of sp³-hybridized carbons (Fsp3) is 0.750. The van der Waals surface area contributed by atoms with Crippen molar-refractivity contribution in [3.63, 3.8) is 0 Å². The lowest BCUT2D eigenvalue weighted by Crippen LogP contribution is -2.51. The number of hydrogen-bond acceptors (Lipinski definition) is 3. The molecule has 0 radical (unpaired) electrons. The Bertz CT molecular complexity index is 535. The van der Waals surface area contributed by atoms with Crippen LogP contribution in [0.5, 0.6) is 0 Å². The van der Waals surface area contributed by atoms with Crippen molar-refractivity contribution in [2.24, 2.45) is 22.7 Å². The van der Waals surface area contributed by atoms with E-state index in [2.05, 4.69) is 20.4 Å². The molecule has 23 heavy (non-hydrogen) atoms. The number of aliphatic hydroxyl groups is 1. The first kappa shape index (κ1) is 16.8. The van der Waals surface area contributed by atoms with Crippen LogP contribution in [-0.2, 0) is 9.53 Å². The summed E-state index contributed by atoms with van der Waals surface area (Å²) in [4.78, 5) is 11.2. The molecular formula is C20H30O3. The van der Waals surface area contributed by atoms with Crippen molar-refractivity contribution in [3.05, 3.63) is 23.8 Å². The zero-order chi connectivity index (χ0) is 16.7. The second kappa shape index (κ2) is 6.08. The number of ether oxygens (including phenoxy) is 1. The van der Waals surface area contributed by atoms with Crippen LogP contribution in [0.4, 0.5) is 0 Å². The van der Waals surface area contributed by atoms with Gasteiger partial charge in [0.1, 0.15) is 6.61 Å². The maximum Gasteiger partial charge on any atom is 0.331 e. The summed E-state index contributed by atoms with van der Waals surface area (Å²) in [5.41, 5.74) is 2.78. The summed E-state index contributed by atoms with van der Waals surface area (Å²) in [7, 11) is 0. The molecule has 1 heterocycles. The van der Waals surface area contributed by atoms with Gasteiger partial charge >= 0.3 is 5.97 Å². The fourth-order valence-electron chi connectivity index (χ4n) is 5.69. The van der Waals surface area contributed by atoms with E-state index in [0.717, 1.165) is 37.7 Å². The number of fused-ring (bicyclic) bond motifs is 1. The molecule has 0 aromatic rings. The highest BCUT2D eigenvalue weighted by atomic mass is 16.5. The van der Waals surface area contributed by atoms with E-state index in [0.29, 0.717) is 25.0 Å². The molecule has 1 N–H and O–H groups in total. The van der Waals surface area contributed by atoms with Crippen LogP contribution in [-0.4, -0.2) is 24.3 Å². The average molecular weight is 318 g/mol. The smallest absolute Gasteiger partial charge is 0.331 e. The summed E-state index contributed by atoms with van der Waals surface area (Å²) in [6, 6.07) is 0. The lowest BCUT2D eigenvalue weighted by atomic mass is 9.47. The van der Waals surface area contributed by atoms with Gasteiger partial charge in [0.05, 0.1) is 0 Å². The Morgan fingerprint density at radius 3 is 2.83 bits per heavy atom. The molecule has 3 nitrogen and oxygen atoms in total. The largest absolute Gasteiger partial charge is 0.458 e. The normalized spacial score (nSPS) is 40.6. The molecule has 0 spiro atoms. The molecule has 0 bridgehead atoms. The number of aliphatic hydroxyl groups excluding tert-OH is 1. The van der Waals surface area contributed by atoms with Gasteiger partial charge in [-0.25, -0.2) is 4.79 Å². The Balaban J connectivity index is 1.78. The van der Waals surface area contributed by atoms with Crippen LogP contribution >= 0.6 is 0 Å². The molecule has 3 aliphatic rings. The number of allylic oxidation sites excluding steroid dienone is 1. The Kier molecular flexibility index (Phi) is 4.43. The van der Waals surface area contributed by atoms with Gasteiger partial charge in [0.25, 0.3) is 0 Å². The molecule has 0 saturated heterocycles. The Morgan fingerprint density at radius 1 is 1.39 bits per heavy atom. The van der Waals surface area contributed by atoms with Gasteiger partial charge in [-0.05, 0) is 66.8 Å². The van der Waals surface area contributed by atoms with Crippen LogP contribution in [0.3, 0.4) is 0 Å². The van der Waals surface area contributed by atoms with E-state index >= 15 is 0 Å². The van der Waals surface area contributed by atoms with Crippen LogP contribution in [0, 0.1) is 22.7 Å². The van der Waals surface area contributed by atoms with Gasteiger partial charge in [-0.1, -0.05) is 32.4 Å². The molecule has 1 aliphatic heterocycles. The van der Waals surface area contributed by atoms with Crippen molar-refractivity contribution in [2.75, 3.05) is 13.2 Å². The maximum atomic E-state index is 11.2. The summed E-state index contributed by atoms with van der Waals surface area (Å²) >= 11 is 0. The fourth-order valence-corrected chi connectivity index (χ4v) is 5.69. The molecule has 0 amide bonds. The van der Waals surface area contributed by atoms with E-state index in [1.807, 2.05) is 0 Å². The van der Waals surface area contributed by atoms with Crippen molar-refractivity contribution >= 4 is 5.97 Å². The van der Waals surface area contributed by atoms with E-state index in [1.54, 1.807) is 6.08 Å². The Labute approximate surface area is 139 Å². The number of rotatable bonds is 4. The highest BCUT2D eigenvalue weighted by Crippen LogP contribution is 2.61. The zero-order valence-electron chi connectivity index (χ0n) is 14.6. The van der Waals surface area contributed by atoms with Crippen LogP contribution in [0.2, 0.25) is 0 Å². The third kappa shape index (κ3) is 2.88. The van der Waals surface area contributed by atoms with Gasteiger partial charge in [-0.15, -0.1) is 0 Å². The summed E-state index contributed by atoms with van der Waals surface area (Å²) in [5.74, 6) is 0.862. The molecule has 2 aliphatic carbocycles.